The Bertz CT molecular complexity index is 419. The molecule has 1 aromatic carbocycles. The molecular formula is C12H15Cl2NO2. The molecule has 0 aromatic heterocycles. The second kappa shape index (κ2) is 5.71. The highest BCUT2D eigenvalue weighted by Crippen LogP contribution is 2.21. The number of benzene rings is 1. The number of nitrogens with one attached hydrogen (secondary N) is 1. The Morgan fingerprint density at radius 3 is 2.65 bits per heavy atom. The zero-order valence-corrected chi connectivity index (χ0v) is 11.3. The molecule has 94 valence electrons. The molecule has 0 aliphatic heterocycles. The van der Waals surface area contributed by atoms with Gasteiger partial charge in [0.25, 0.3) is 5.91 Å². The van der Waals surface area contributed by atoms with Gasteiger partial charge in [-0.3, -0.25) is 4.79 Å². The lowest BCUT2D eigenvalue weighted by Gasteiger charge is -2.21. The van der Waals surface area contributed by atoms with Gasteiger partial charge in [0.05, 0.1) is 10.6 Å². The molecule has 1 aromatic rings. The number of amides is 1. The fourth-order valence-corrected chi connectivity index (χ4v) is 1.52. The fourth-order valence-electron chi connectivity index (χ4n) is 1.14. The molecule has 3 nitrogen and oxygen atoms in total. The van der Waals surface area contributed by atoms with Crippen molar-refractivity contribution in [3.05, 3.63) is 33.8 Å². The fraction of sp³-hybridized carbons (Fsp3) is 0.417. The Kier molecular flexibility index (Phi) is 4.80. The Morgan fingerprint density at radius 2 is 2.06 bits per heavy atom. The first-order chi connectivity index (χ1) is 7.85. The largest absolute Gasteiger partial charge is 0.396 e. The summed E-state index contributed by atoms with van der Waals surface area (Å²) in [5.41, 5.74) is -0.0198. The zero-order chi connectivity index (χ0) is 13.1. The van der Waals surface area contributed by atoms with E-state index in [2.05, 4.69) is 5.32 Å². The molecule has 5 heteroatoms. The summed E-state index contributed by atoms with van der Waals surface area (Å²) in [4.78, 5) is 11.8. The highest BCUT2D eigenvalue weighted by molar-refractivity contribution is 6.35. The average molecular weight is 276 g/mol. The average Bonchev–Trinajstić information content (AvgIpc) is 2.29. The van der Waals surface area contributed by atoms with E-state index in [0.717, 1.165) is 0 Å². The van der Waals surface area contributed by atoms with E-state index in [1.165, 1.54) is 6.07 Å². The number of carbonyl (C=O) groups is 1. The summed E-state index contributed by atoms with van der Waals surface area (Å²) in [5.74, 6) is -0.293. The molecule has 0 bridgehead atoms. The quantitative estimate of drug-likeness (QED) is 0.888. The number of carbonyl (C=O) groups excluding carboxylic acids is 1. The highest BCUT2D eigenvalue weighted by atomic mass is 35.5. The molecular weight excluding hydrogens is 261 g/mol. The van der Waals surface area contributed by atoms with Gasteiger partial charge in [0.1, 0.15) is 0 Å². The molecule has 0 spiro atoms. The van der Waals surface area contributed by atoms with E-state index >= 15 is 0 Å². The first-order valence-corrected chi connectivity index (χ1v) is 5.95. The normalized spacial score (nSPS) is 11.4. The number of hydrogen-bond donors (Lipinski definition) is 2. The van der Waals surface area contributed by atoms with Crippen LogP contribution in [0.2, 0.25) is 10.0 Å². The van der Waals surface area contributed by atoms with E-state index in [9.17, 15) is 4.79 Å². The van der Waals surface area contributed by atoms with Crippen LogP contribution in [0.5, 0.6) is 0 Å². The molecule has 0 heterocycles. The smallest absolute Gasteiger partial charge is 0.252 e. The van der Waals surface area contributed by atoms with Crippen molar-refractivity contribution in [1.29, 1.82) is 0 Å². The molecule has 1 amide bonds. The summed E-state index contributed by atoms with van der Waals surface area (Å²) in [5, 5.41) is 12.6. The molecule has 0 atom stereocenters. The second-order valence-corrected chi connectivity index (χ2v) is 5.47. The first-order valence-electron chi connectivity index (χ1n) is 5.20. The Hall–Kier alpha value is -0.770. The number of hydrogen-bond acceptors (Lipinski definition) is 2. The van der Waals surface area contributed by atoms with Gasteiger partial charge in [-0.15, -0.1) is 0 Å². The number of halogens is 2. The van der Waals surface area contributed by atoms with E-state index in [-0.39, 0.29) is 17.9 Å². The van der Waals surface area contributed by atoms with Crippen molar-refractivity contribution >= 4 is 29.1 Å². The van der Waals surface area contributed by atoms with Crippen molar-refractivity contribution in [2.45, 2.75) is 13.8 Å². The summed E-state index contributed by atoms with van der Waals surface area (Å²) in [6, 6.07) is 4.72. The summed E-state index contributed by atoms with van der Waals surface area (Å²) in [6.07, 6.45) is 0. The minimum absolute atomic E-state index is 0.00341. The van der Waals surface area contributed by atoms with Crippen LogP contribution in [-0.2, 0) is 0 Å². The predicted octanol–water partition coefficient (Wildman–Crippen LogP) is 2.74. The van der Waals surface area contributed by atoms with Crippen LogP contribution >= 0.6 is 23.2 Å². The molecule has 0 saturated heterocycles. The predicted molar refractivity (Wildman–Crippen MR) is 69.7 cm³/mol. The lowest BCUT2D eigenvalue weighted by atomic mass is 9.95. The maximum atomic E-state index is 11.8. The molecule has 0 aliphatic rings. The molecule has 2 N–H and O–H groups in total. The van der Waals surface area contributed by atoms with Gasteiger partial charge in [-0.2, -0.15) is 0 Å². The third-order valence-electron chi connectivity index (χ3n) is 2.33. The number of rotatable bonds is 4. The lowest BCUT2D eigenvalue weighted by Crippen LogP contribution is -2.36. The zero-order valence-electron chi connectivity index (χ0n) is 9.76. The maximum Gasteiger partial charge on any atom is 0.252 e. The van der Waals surface area contributed by atoms with Crippen molar-refractivity contribution in [3.8, 4) is 0 Å². The number of aliphatic hydroxyl groups excluding tert-OH is 1. The Balaban J connectivity index is 2.74. The van der Waals surface area contributed by atoms with Crippen molar-refractivity contribution < 1.29 is 9.90 Å². The Morgan fingerprint density at radius 1 is 1.41 bits per heavy atom. The van der Waals surface area contributed by atoms with Crippen molar-refractivity contribution in [1.82, 2.24) is 5.32 Å². The van der Waals surface area contributed by atoms with Gasteiger partial charge in [0.2, 0.25) is 0 Å². The van der Waals surface area contributed by atoms with E-state index in [1.807, 2.05) is 13.8 Å². The van der Waals surface area contributed by atoms with Gasteiger partial charge in [0, 0.05) is 23.6 Å². The summed E-state index contributed by atoms with van der Waals surface area (Å²) < 4.78 is 0. The monoisotopic (exact) mass is 275 g/mol. The minimum atomic E-state index is -0.360. The lowest BCUT2D eigenvalue weighted by molar-refractivity contribution is 0.0911. The van der Waals surface area contributed by atoms with Gasteiger partial charge in [0.15, 0.2) is 0 Å². The van der Waals surface area contributed by atoms with Crippen LogP contribution in [0.25, 0.3) is 0 Å². The van der Waals surface area contributed by atoms with Crippen molar-refractivity contribution in [2.24, 2.45) is 5.41 Å². The Labute approximate surface area is 111 Å². The molecule has 0 aliphatic carbocycles. The van der Waals surface area contributed by atoms with Gasteiger partial charge < -0.3 is 10.4 Å². The van der Waals surface area contributed by atoms with E-state index in [1.54, 1.807) is 12.1 Å². The van der Waals surface area contributed by atoms with Gasteiger partial charge in [-0.25, -0.2) is 0 Å². The molecule has 0 unspecified atom stereocenters. The minimum Gasteiger partial charge on any atom is -0.396 e. The molecule has 17 heavy (non-hydrogen) atoms. The maximum absolute atomic E-state index is 11.8. The van der Waals surface area contributed by atoms with Crippen LogP contribution in [-0.4, -0.2) is 24.2 Å². The molecule has 1 rings (SSSR count). The van der Waals surface area contributed by atoms with E-state index < -0.39 is 0 Å². The molecule has 0 fully saturated rings. The molecule has 0 saturated carbocycles. The SMILES string of the molecule is CC(C)(CO)CNC(=O)c1cc(Cl)ccc1Cl. The highest BCUT2D eigenvalue weighted by Gasteiger charge is 2.19. The first kappa shape index (κ1) is 14.3. The summed E-state index contributed by atoms with van der Waals surface area (Å²) in [7, 11) is 0. The third-order valence-corrected chi connectivity index (χ3v) is 2.89. The van der Waals surface area contributed by atoms with Crippen LogP contribution in [0, 0.1) is 5.41 Å². The second-order valence-electron chi connectivity index (χ2n) is 4.63. The van der Waals surface area contributed by atoms with Gasteiger partial charge in [-0.1, -0.05) is 37.0 Å². The van der Waals surface area contributed by atoms with Crippen LogP contribution in [0.4, 0.5) is 0 Å². The summed E-state index contributed by atoms with van der Waals surface area (Å²) in [6.45, 7) is 4.07. The third kappa shape index (κ3) is 4.19. The van der Waals surface area contributed by atoms with Gasteiger partial charge in [-0.05, 0) is 18.2 Å². The van der Waals surface area contributed by atoms with Crippen molar-refractivity contribution in [3.63, 3.8) is 0 Å². The topological polar surface area (TPSA) is 49.3 Å². The van der Waals surface area contributed by atoms with Crippen LogP contribution < -0.4 is 5.32 Å². The van der Waals surface area contributed by atoms with Crippen LogP contribution in [0.1, 0.15) is 24.2 Å². The van der Waals surface area contributed by atoms with Crippen molar-refractivity contribution in [2.75, 3.05) is 13.2 Å². The van der Waals surface area contributed by atoms with Crippen LogP contribution in [0.3, 0.4) is 0 Å². The number of aliphatic hydroxyl groups is 1. The van der Waals surface area contributed by atoms with Crippen LogP contribution in [0.15, 0.2) is 18.2 Å². The van der Waals surface area contributed by atoms with Gasteiger partial charge >= 0.3 is 0 Å². The van der Waals surface area contributed by atoms with E-state index in [4.69, 9.17) is 28.3 Å². The van der Waals surface area contributed by atoms with E-state index in [0.29, 0.717) is 22.2 Å². The molecule has 0 radical (unpaired) electrons. The standard InChI is InChI=1S/C12H15Cl2NO2/c1-12(2,7-16)6-15-11(17)9-5-8(13)3-4-10(9)14/h3-5,16H,6-7H2,1-2H3,(H,15,17). The summed E-state index contributed by atoms with van der Waals surface area (Å²) >= 11 is 11.7.